The maximum Gasteiger partial charge on any atom is 0.305 e. The Morgan fingerprint density at radius 3 is 1.09 bits per heavy atom. The first kappa shape index (κ1) is 63.1. The number of amides is 1. The first-order chi connectivity index (χ1) is 32.0. The van der Waals surface area contributed by atoms with Gasteiger partial charge >= 0.3 is 5.97 Å². The third kappa shape index (κ3) is 51.3. The van der Waals surface area contributed by atoms with Gasteiger partial charge in [-0.05, 0) is 89.9 Å². The summed E-state index contributed by atoms with van der Waals surface area (Å²) in [6, 6.07) is -0.648. The number of hydrogen-bond donors (Lipinski definition) is 3. The fourth-order valence-electron chi connectivity index (χ4n) is 8.68. The Morgan fingerprint density at radius 2 is 0.723 bits per heavy atom. The molecule has 0 radical (unpaired) electrons. The molecule has 0 spiro atoms. The fourth-order valence-corrected chi connectivity index (χ4v) is 8.68. The predicted molar refractivity (Wildman–Crippen MR) is 283 cm³/mol. The lowest BCUT2D eigenvalue weighted by Gasteiger charge is -2.20. The number of allylic oxidation sites excluding steroid dienone is 5. The Morgan fingerprint density at radius 1 is 0.415 bits per heavy atom. The molecule has 0 aromatic heterocycles. The van der Waals surface area contributed by atoms with Gasteiger partial charge in [-0.2, -0.15) is 0 Å². The van der Waals surface area contributed by atoms with Gasteiger partial charge in [0.1, 0.15) is 0 Å². The molecule has 0 aliphatic heterocycles. The van der Waals surface area contributed by atoms with E-state index in [1.165, 1.54) is 193 Å². The van der Waals surface area contributed by atoms with E-state index in [4.69, 9.17) is 4.74 Å². The van der Waals surface area contributed by atoms with Crippen molar-refractivity contribution < 1.29 is 24.5 Å². The molecule has 0 aliphatic rings. The molecule has 2 atom stereocenters. The van der Waals surface area contributed by atoms with Crippen LogP contribution in [-0.4, -0.2) is 47.4 Å². The van der Waals surface area contributed by atoms with Crippen LogP contribution in [0, 0.1) is 0 Å². The van der Waals surface area contributed by atoms with Gasteiger partial charge in [0.2, 0.25) is 5.91 Å². The van der Waals surface area contributed by atoms with Crippen molar-refractivity contribution in [2.75, 3.05) is 13.2 Å². The number of carbonyl (C=O) groups excluding carboxylic acids is 2. The van der Waals surface area contributed by atoms with Crippen molar-refractivity contribution in [2.45, 2.75) is 315 Å². The predicted octanol–water partition coefficient (Wildman–Crippen LogP) is 17.6. The number of hydrogen-bond acceptors (Lipinski definition) is 5. The third-order valence-electron chi connectivity index (χ3n) is 13.1. The van der Waals surface area contributed by atoms with Crippen molar-refractivity contribution in [1.29, 1.82) is 0 Å². The van der Waals surface area contributed by atoms with Crippen LogP contribution in [0.15, 0.2) is 36.5 Å². The van der Waals surface area contributed by atoms with Crippen LogP contribution in [0.1, 0.15) is 303 Å². The van der Waals surface area contributed by atoms with E-state index in [-0.39, 0.29) is 18.5 Å². The van der Waals surface area contributed by atoms with Crippen molar-refractivity contribution in [2.24, 2.45) is 0 Å². The van der Waals surface area contributed by atoms with Gasteiger partial charge in [0.15, 0.2) is 0 Å². The highest BCUT2D eigenvalue weighted by atomic mass is 16.5. The molecule has 382 valence electrons. The van der Waals surface area contributed by atoms with Crippen LogP contribution in [0.3, 0.4) is 0 Å². The lowest BCUT2D eigenvalue weighted by Crippen LogP contribution is -2.45. The van der Waals surface area contributed by atoms with Crippen LogP contribution in [0.2, 0.25) is 0 Å². The van der Waals surface area contributed by atoms with Crippen LogP contribution in [0.4, 0.5) is 0 Å². The Bertz CT molecular complexity index is 1060. The second-order valence-corrected chi connectivity index (χ2v) is 19.6. The fraction of sp³-hybridized carbons (Fsp3) is 0.864. The SMILES string of the molecule is CCCCCCC/C=C\CCCCCCCC(=O)OCCCCC/C=C\CCCCCCCC(=O)NC(CO)C(O)/C=C/CCCCCCCCCCCCCCCCCCCCCC. The molecule has 0 aromatic rings. The largest absolute Gasteiger partial charge is 0.466 e. The Labute approximate surface area is 404 Å². The van der Waals surface area contributed by atoms with E-state index < -0.39 is 12.1 Å². The summed E-state index contributed by atoms with van der Waals surface area (Å²) in [5.41, 5.74) is 0. The summed E-state index contributed by atoms with van der Waals surface area (Å²) in [7, 11) is 0. The van der Waals surface area contributed by atoms with E-state index in [1.807, 2.05) is 6.08 Å². The minimum atomic E-state index is -0.862. The minimum absolute atomic E-state index is 0.0327. The summed E-state index contributed by atoms with van der Waals surface area (Å²) >= 11 is 0. The van der Waals surface area contributed by atoms with E-state index in [1.54, 1.807) is 6.08 Å². The van der Waals surface area contributed by atoms with Crippen molar-refractivity contribution in [3.63, 3.8) is 0 Å². The van der Waals surface area contributed by atoms with Gasteiger partial charge in [0.05, 0.1) is 25.4 Å². The van der Waals surface area contributed by atoms with Gasteiger partial charge in [0, 0.05) is 12.8 Å². The van der Waals surface area contributed by atoms with Crippen LogP contribution in [0.5, 0.6) is 0 Å². The van der Waals surface area contributed by atoms with E-state index >= 15 is 0 Å². The first-order valence-corrected chi connectivity index (χ1v) is 28.8. The molecule has 1 amide bonds. The average molecular weight is 915 g/mol. The summed E-state index contributed by atoms with van der Waals surface area (Å²) in [6.07, 6.45) is 67.3. The smallest absolute Gasteiger partial charge is 0.305 e. The first-order valence-electron chi connectivity index (χ1n) is 28.8. The Hall–Kier alpha value is -1.92. The maximum atomic E-state index is 12.5. The summed E-state index contributed by atoms with van der Waals surface area (Å²) in [5, 5.41) is 23.2. The zero-order chi connectivity index (χ0) is 47.2. The van der Waals surface area contributed by atoms with Crippen LogP contribution < -0.4 is 5.32 Å². The van der Waals surface area contributed by atoms with Crippen LogP contribution >= 0.6 is 0 Å². The topological polar surface area (TPSA) is 95.9 Å². The van der Waals surface area contributed by atoms with Gasteiger partial charge in [-0.1, -0.05) is 237 Å². The van der Waals surface area contributed by atoms with Crippen molar-refractivity contribution in [3.05, 3.63) is 36.5 Å². The maximum absolute atomic E-state index is 12.5. The van der Waals surface area contributed by atoms with Crippen LogP contribution in [-0.2, 0) is 14.3 Å². The number of unbranched alkanes of at least 4 members (excludes halogenated alkanes) is 38. The number of esters is 1. The third-order valence-corrected chi connectivity index (χ3v) is 13.1. The number of aliphatic hydroxyl groups is 2. The summed E-state index contributed by atoms with van der Waals surface area (Å²) < 4.78 is 5.44. The highest BCUT2D eigenvalue weighted by Gasteiger charge is 2.18. The minimum Gasteiger partial charge on any atom is -0.466 e. The summed E-state index contributed by atoms with van der Waals surface area (Å²) in [6.45, 7) is 4.84. The van der Waals surface area contributed by atoms with Gasteiger partial charge in [-0.25, -0.2) is 0 Å². The van der Waals surface area contributed by atoms with E-state index in [0.29, 0.717) is 19.4 Å². The molecule has 0 bridgehead atoms. The highest BCUT2D eigenvalue weighted by Crippen LogP contribution is 2.16. The van der Waals surface area contributed by atoms with Crippen molar-refractivity contribution in [3.8, 4) is 0 Å². The quantitative estimate of drug-likeness (QED) is 0.0321. The van der Waals surface area contributed by atoms with E-state index in [2.05, 4.69) is 43.5 Å². The molecule has 0 fully saturated rings. The second kappa shape index (κ2) is 54.7. The number of rotatable bonds is 53. The molecule has 0 aliphatic carbocycles. The number of nitrogens with one attached hydrogen (secondary N) is 1. The molecule has 0 saturated heterocycles. The zero-order valence-electron chi connectivity index (χ0n) is 43.5. The van der Waals surface area contributed by atoms with Gasteiger partial charge < -0.3 is 20.3 Å². The van der Waals surface area contributed by atoms with E-state index in [9.17, 15) is 19.8 Å². The van der Waals surface area contributed by atoms with Crippen molar-refractivity contribution >= 4 is 11.9 Å². The summed E-state index contributed by atoms with van der Waals surface area (Å²) in [4.78, 5) is 24.5. The van der Waals surface area contributed by atoms with Gasteiger partial charge in [-0.3, -0.25) is 9.59 Å². The number of ether oxygens (including phenoxy) is 1. The molecule has 2 unspecified atom stereocenters. The lowest BCUT2D eigenvalue weighted by atomic mass is 10.0. The highest BCUT2D eigenvalue weighted by molar-refractivity contribution is 5.76. The summed E-state index contributed by atoms with van der Waals surface area (Å²) in [5.74, 6) is -0.125. The molecule has 0 rings (SSSR count). The second-order valence-electron chi connectivity index (χ2n) is 19.6. The van der Waals surface area contributed by atoms with Crippen LogP contribution in [0.25, 0.3) is 0 Å². The van der Waals surface area contributed by atoms with E-state index in [0.717, 1.165) is 83.5 Å². The molecule has 65 heavy (non-hydrogen) atoms. The monoisotopic (exact) mass is 914 g/mol. The molecule has 0 heterocycles. The molecule has 6 heteroatoms. The Balaban J connectivity index is 3.54. The molecule has 0 saturated carbocycles. The Kier molecular flexibility index (Phi) is 53.1. The van der Waals surface area contributed by atoms with Gasteiger partial charge in [0.25, 0.3) is 0 Å². The number of aliphatic hydroxyl groups excluding tert-OH is 2. The number of carbonyl (C=O) groups is 2. The molecule has 3 N–H and O–H groups in total. The lowest BCUT2D eigenvalue weighted by molar-refractivity contribution is -0.143. The molecular formula is C59H111NO5. The zero-order valence-corrected chi connectivity index (χ0v) is 43.5. The molecule has 0 aromatic carbocycles. The normalized spacial score (nSPS) is 12.9. The molecular weight excluding hydrogens is 803 g/mol. The van der Waals surface area contributed by atoms with Gasteiger partial charge in [-0.15, -0.1) is 0 Å². The van der Waals surface area contributed by atoms with Crippen molar-refractivity contribution in [1.82, 2.24) is 5.32 Å². The molecule has 6 nitrogen and oxygen atoms in total. The standard InChI is InChI=1S/C59H111NO5/c1-3-5-7-9-11-13-15-17-19-20-21-22-23-24-25-26-27-31-35-39-43-47-51-57(62)56(55-61)60-58(63)52-48-44-40-36-32-29-30-34-38-42-46-50-54-65-59(64)53-49-45-41-37-33-28-18-16-14-12-10-8-6-4-2/h16,18,30,34,47,51,56-57,61-62H,3-15,17,19-29,31-33,35-46,48-50,52-55H2,1-2H3,(H,60,63)/b18-16-,34-30-,51-47+. The average Bonchev–Trinajstić information content (AvgIpc) is 3.31.